The van der Waals surface area contributed by atoms with Crippen LogP contribution in [0.4, 0.5) is 0 Å². The minimum atomic E-state index is 0.446. The maximum absolute atomic E-state index is 6.06. The Labute approximate surface area is 103 Å². The van der Waals surface area contributed by atoms with E-state index in [0.29, 0.717) is 15.2 Å². The highest BCUT2D eigenvalue weighted by Gasteiger charge is 2.07. The summed E-state index contributed by atoms with van der Waals surface area (Å²) >= 11 is 17.8. The lowest BCUT2D eigenvalue weighted by molar-refractivity contribution is 1.33. The van der Waals surface area contributed by atoms with Crippen molar-refractivity contribution in [1.29, 1.82) is 0 Å². The molecule has 1 aromatic carbocycles. The number of hydrogen-bond acceptors (Lipinski definition) is 1. The third-order valence-electron chi connectivity index (χ3n) is 1.98. The Balaban J connectivity index is 2.58. The molecule has 76 valence electrons. The highest BCUT2D eigenvalue weighted by atomic mass is 35.5. The summed E-state index contributed by atoms with van der Waals surface area (Å²) in [4.78, 5) is 3.99. The molecule has 0 radical (unpaired) electrons. The molecule has 0 bridgehead atoms. The van der Waals surface area contributed by atoms with Crippen molar-refractivity contribution in [3.05, 3.63) is 51.7 Å². The Bertz CT molecular complexity index is 459. The molecule has 0 amide bonds. The number of pyridine rings is 1. The zero-order chi connectivity index (χ0) is 10.8. The van der Waals surface area contributed by atoms with Crippen molar-refractivity contribution in [3.63, 3.8) is 0 Å². The van der Waals surface area contributed by atoms with Crippen LogP contribution in [-0.2, 0) is 0 Å². The van der Waals surface area contributed by atoms with Crippen LogP contribution in [0.25, 0.3) is 11.1 Å². The van der Waals surface area contributed by atoms with Crippen molar-refractivity contribution < 1.29 is 0 Å². The lowest BCUT2D eigenvalue weighted by atomic mass is 10.1. The van der Waals surface area contributed by atoms with E-state index in [9.17, 15) is 0 Å². The molecular weight excluding hydrogens is 252 g/mol. The molecule has 0 spiro atoms. The number of aromatic nitrogens is 1. The van der Waals surface area contributed by atoms with Gasteiger partial charge in [-0.25, -0.2) is 4.98 Å². The summed E-state index contributed by atoms with van der Waals surface area (Å²) < 4.78 is 0. The van der Waals surface area contributed by atoms with Gasteiger partial charge in [0.25, 0.3) is 0 Å². The van der Waals surface area contributed by atoms with Crippen molar-refractivity contribution in [2.75, 3.05) is 0 Å². The number of hydrogen-bond donors (Lipinski definition) is 0. The van der Waals surface area contributed by atoms with E-state index in [4.69, 9.17) is 34.8 Å². The van der Waals surface area contributed by atoms with Gasteiger partial charge in [0.15, 0.2) is 0 Å². The van der Waals surface area contributed by atoms with Crippen molar-refractivity contribution in [2.24, 2.45) is 0 Å². The lowest BCUT2D eigenvalue weighted by Gasteiger charge is -2.06. The first-order valence-electron chi connectivity index (χ1n) is 4.24. The molecule has 1 aromatic heterocycles. The molecule has 0 atom stereocenters. The first-order chi connectivity index (χ1) is 7.18. The molecule has 0 unspecified atom stereocenters. The summed E-state index contributed by atoms with van der Waals surface area (Å²) in [6.45, 7) is 0. The Morgan fingerprint density at radius 2 is 1.53 bits per heavy atom. The second-order valence-electron chi connectivity index (χ2n) is 2.97. The van der Waals surface area contributed by atoms with Crippen molar-refractivity contribution in [2.45, 2.75) is 0 Å². The van der Waals surface area contributed by atoms with Gasteiger partial charge in [0.05, 0.1) is 0 Å². The molecule has 0 saturated carbocycles. The molecule has 0 aliphatic carbocycles. The Hall–Kier alpha value is -0.760. The summed E-state index contributed by atoms with van der Waals surface area (Å²) in [5.41, 5.74) is 1.64. The predicted octanol–water partition coefficient (Wildman–Crippen LogP) is 4.71. The van der Waals surface area contributed by atoms with Crippen LogP contribution in [0.3, 0.4) is 0 Å². The summed E-state index contributed by atoms with van der Waals surface area (Å²) in [6.07, 6.45) is 1.65. The van der Waals surface area contributed by atoms with Gasteiger partial charge in [-0.05, 0) is 24.3 Å². The highest BCUT2D eigenvalue weighted by Crippen LogP contribution is 2.34. The van der Waals surface area contributed by atoms with Gasteiger partial charge in [-0.3, -0.25) is 0 Å². The average Bonchev–Trinajstić information content (AvgIpc) is 2.20. The zero-order valence-corrected chi connectivity index (χ0v) is 9.81. The van der Waals surface area contributed by atoms with E-state index in [1.165, 1.54) is 0 Å². The molecule has 2 aromatic rings. The molecule has 15 heavy (non-hydrogen) atoms. The third kappa shape index (κ3) is 2.25. The number of benzene rings is 1. The minimum Gasteiger partial charge on any atom is -0.244 e. The number of halogens is 3. The van der Waals surface area contributed by atoms with E-state index < -0.39 is 0 Å². The van der Waals surface area contributed by atoms with E-state index in [-0.39, 0.29) is 0 Å². The molecule has 0 fully saturated rings. The van der Waals surface area contributed by atoms with Gasteiger partial charge in [0.2, 0.25) is 0 Å². The Morgan fingerprint density at radius 1 is 0.867 bits per heavy atom. The van der Waals surface area contributed by atoms with Crippen LogP contribution in [0, 0.1) is 0 Å². The average molecular weight is 259 g/mol. The molecule has 1 heterocycles. The van der Waals surface area contributed by atoms with Crippen molar-refractivity contribution in [1.82, 2.24) is 4.98 Å². The maximum atomic E-state index is 6.06. The largest absolute Gasteiger partial charge is 0.244 e. The van der Waals surface area contributed by atoms with Crippen LogP contribution in [0.1, 0.15) is 0 Å². The molecule has 0 aliphatic heterocycles. The molecule has 0 N–H and O–H groups in total. The zero-order valence-electron chi connectivity index (χ0n) is 7.55. The first kappa shape index (κ1) is 10.7. The van der Waals surface area contributed by atoms with Crippen molar-refractivity contribution in [3.8, 4) is 11.1 Å². The van der Waals surface area contributed by atoms with Crippen LogP contribution in [0.15, 0.2) is 36.5 Å². The molecular formula is C11H6Cl3N. The van der Waals surface area contributed by atoms with Gasteiger partial charge in [0.1, 0.15) is 5.15 Å². The molecule has 1 nitrogen and oxygen atoms in total. The number of rotatable bonds is 1. The predicted molar refractivity (Wildman–Crippen MR) is 64.7 cm³/mol. The summed E-state index contributed by atoms with van der Waals surface area (Å²) in [7, 11) is 0. The topological polar surface area (TPSA) is 12.9 Å². The normalized spacial score (nSPS) is 10.3. The Morgan fingerprint density at radius 3 is 2.07 bits per heavy atom. The summed E-state index contributed by atoms with van der Waals surface area (Å²) in [5.74, 6) is 0. The molecule has 4 heteroatoms. The minimum absolute atomic E-state index is 0.446. The van der Waals surface area contributed by atoms with Crippen LogP contribution >= 0.6 is 34.8 Å². The first-order valence-corrected chi connectivity index (χ1v) is 5.38. The number of nitrogens with zero attached hydrogens (tertiary/aromatic N) is 1. The maximum Gasteiger partial charge on any atom is 0.129 e. The second-order valence-corrected chi connectivity index (χ2v) is 4.17. The fraction of sp³-hybridized carbons (Fsp3) is 0. The van der Waals surface area contributed by atoms with Gasteiger partial charge < -0.3 is 0 Å². The quantitative estimate of drug-likeness (QED) is 0.675. The molecule has 2 rings (SSSR count). The van der Waals surface area contributed by atoms with Gasteiger partial charge in [-0.2, -0.15) is 0 Å². The van der Waals surface area contributed by atoms with Crippen molar-refractivity contribution >= 4 is 34.8 Å². The lowest BCUT2D eigenvalue weighted by Crippen LogP contribution is -1.83. The van der Waals surface area contributed by atoms with E-state index in [1.807, 2.05) is 6.07 Å². The van der Waals surface area contributed by atoms with E-state index in [0.717, 1.165) is 11.1 Å². The van der Waals surface area contributed by atoms with Crippen LogP contribution in [0.5, 0.6) is 0 Å². The molecule has 0 saturated heterocycles. The highest BCUT2D eigenvalue weighted by molar-refractivity contribution is 6.39. The Kier molecular flexibility index (Phi) is 3.15. The third-order valence-corrected chi connectivity index (χ3v) is 2.83. The second kappa shape index (κ2) is 4.40. The molecule has 0 aliphatic rings. The van der Waals surface area contributed by atoms with Gasteiger partial charge in [-0.1, -0.05) is 40.9 Å². The monoisotopic (exact) mass is 257 g/mol. The smallest absolute Gasteiger partial charge is 0.129 e. The summed E-state index contributed by atoms with van der Waals surface area (Å²) in [5, 5.41) is 1.65. The van der Waals surface area contributed by atoms with E-state index in [2.05, 4.69) is 4.98 Å². The van der Waals surface area contributed by atoms with Gasteiger partial charge >= 0.3 is 0 Å². The van der Waals surface area contributed by atoms with E-state index in [1.54, 1.807) is 30.5 Å². The fourth-order valence-electron chi connectivity index (χ4n) is 1.30. The van der Waals surface area contributed by atoms with E-state index >= 15 is 0 Å². The van der Waals surface area contributed by atoms with Crippen LogP contribution in [-0.4, -0.2) is 4.98 Å². The van der Waals surface area contributed by atoms with Crippen LogP contribution < -0.4 is 0 Å². The SMILES string of the molecule is Clc1ccc(-c2c(Cl)cccc2Cl)cn1. The fourth-order valence-corrected chi connectivity index (χ4v) is 2.02. The standard InChI is InChI=1S/C11H6Cl3N/c12-8-2-1-3-9(13)11(8)7-4-5-10(14)15-6-7/h1-6H. The summed E-state index contributed by atoms with van der Waals surface area (Å²) in [6, 6.07) is 8.92. The van der Waals surface area contributed by atoms with Gasteiger partial charge in [-0.15, -0.1) is 0 Å². The van der Waals surface area contributed by atoms with Crippen LogP contribution in [0.2, 0.25) is 15.2 Å². The van der Waals surface area contributed by atoms with Gasteiger partial charge in [0, 0.05) is 27.4 Å².